The van der Waals surface area contributed by atoms with Crippen molar-refractivity contribution in [1.29, 1.82) is 0 Å². The fourth-order valence-electron chi connectivity index (χ4n) is 3.77. The summed E-state index contributed by atoms with van der Waals surface area (Å²) >= 11 is 6.34. The van der Waals surface area contributed by atoms with E-state index in [1.165, 1.54) is 18.2 Å². The van der Waals surface area contributed by atoms with Gasteiger partial charge in [0.15, 0.2) is 5.78 Å². The van der Waals surface area contributed by atoms with Gasteiger partial charge in [0.1, 0.15) is 11.3 Å². The number of nitrogens with two attached hydrogens (primary N) is 1. The highest BCUT2D eigenvalue weighted by atomic mass is 35.5. The Hall–Kier alpha value is -2.87. The number of rotatable bonds is 4. The summed E-state index contributed by atoms with van der Waals surface area (Å²) in [6.07, 6.45) is 0.707. The molecule has 0 unspecified atom stereocenters. The van der Waals surface area contributed by atoms with Gasteiger partial charge in [0.2, 0.25) is 5.88 Å². The number of nitro benzene ring substituents is 1. The second kappa shape index (κ2) is 7.51. The molecule has 9 heteroatoms. The molecule has 0 amide bonds. The number of esters is 1. The smallest absolute Gasteiger partial charge is 0.340 e. The predicted octanol–water partition coefficient (Wildman–Crippen LogP) is 3.74. The molecule has 0 aromatic heterocycles. The third kappa shape index (κ3) is 3.85. The molecule has 1 aliphatic heterocycles. The molecule has 1 aromatic rings. The number of ether oxygens (including phenoxy) is 2. The summed E-state index contributed by atoms with van der Waals surface area (Å²) in [5.41, 5.74) is 6.14. The van der Waals surface area contributed by atoms with E-state index >= 15 is 0 Å². The summed E-state index contributed by atoms with van der Waals surface area (Å²) in [5.74, 6) is -1.61. The molecule has 1 aliphatic carbocycles. The molecular weight excluding hydrogens is 400 g/mol. The Balaban J connectivity index is 2.22. The number of benzene rings is 1. The van der Waals surface area contributed by atoms with E-state index in [4.69, 9.17) is 26.8 Å². The zero-order valence-corrected chi connectivity index (χ0v) is 17.0. The molecule has 2 N–H and O–H groups in total. The van der Waals surface area contributed by atoms with Gasteiger partial charge < -0.3 is 15.2 Å². The topological polar surface area (TPSA) is 122 Å². The first-order chi connectivity index (χ1) is 13.6. The first-order valence-electron chi connectivity index (χ1n) is 9.10. The van der Waals surface area contributed by atoms with Crippen LogP contribution in [0.5, 0.6) is 0 Å². The van der Waals surface area contributed by atoms with Gasteiger partial charge in [0.25, 0.3) is 5.69 Å². The molecule has 154 valence electrons. The number of hydrogen-bond donors (Lipinski definition) is 1. The van der Waals surface area contributed by atoms with E-state index in [1.54, 1.807) is 6.92 Å². The molecule has 1 atom stereocenters. The Bertz CT molecular complexity index is 979. The number of nitrogens with zero attached hydrogens (tertiary/aromatic N) is 1. The predicted molar refractivity (Wildman–Crippen MR) is 105 cm³/mol. The zero-order valence-electron chi connectivity index (χ0n) is 16.3. The second-order valence-electron chi connectivity index (χ2n) is 7.77. The third-order valence-corrected chi connectivity index (χ3v) is 5.28. The van der Waals surface area contributed by atoms with Crippen LogP contribution in [0, 0.1) is 15.5 Å². The SMILES string of the molecule is CCOC(=O)C1=C(N)OC2=C(C(=O)CC(C)(C)C2)[C@H]1c1ccc([N+](=O)[O-])cc1Cl. The highest BCUT2D eigenvalue weighted by Gasteiger charge is 2.45. The van der Waals surface area contributed by atoms with Crippen molar-refractivity contribution in [1.82, 2.24) is 0 Å². The molecule has 0 radical (unpaired) electrons. The third-order valence-electron chi connectivity index (χ3n) is 4.96. The minimum Gasteiger partial charge on any atom is -0.462 e. The second-order valence-corrected chi connectivity index (χ2v) is 8.18. The molecule has 1 aromatic carbocycles. The number of allylic oxidation sites excluding steroid dienone is 2. The monoisotopic (exact) mass is 420 g/mol. The van der Waals surface area contributed by atoms with Crippen molar-refractivity contribution in [2.24, 2.45) is 11.1 Å². The quantitative estimate of drug-likeness (QED) is 0.447. The van der Waals surface area contributed by atoms with Crippen molar-refractivity contribution >= 4 is 29.0 Å². The summed E-state index contributed by atoms with van der Waals surface area (Å²) in [5, 5.41) is 11.1. The standard InChI is InChI=1S/C20H21ClN2O6/c1-4-28-19(25)17-15(11-6-5-10(23(26)27)7-12(11)21)16-13(24)8-20(2,3)9-14(16)29-18(17)22/h5-7,15H,4,8-9,22H2,1-3H3/t15-/m1/s1. The minimum atomic E-state index is -0.922. The molecular formula is C20H21ClN2O6. The summed E-state index contributed by atoms with van der Waals surface area (Å²) < 4.78 is 10.8. The number of hydrogen-bond acceptors (Lipinski definition) is 7. The Kier molecular flexibility index (Phi) is 5.40. The Morgan fingerprint density at radius 2 is 2.10 bits per heavy atom. The van der Waals surface area contributed by atoms with Crippen LogP contribution >= 0.6 is 11.6 Å². The molecule has 3 rings (SSSR count). The summed E-state index contributed by atoms with van der Waals surface area (Å²) in [4.78, 5) is 36.2. The first-order valence-corrected chi connectivity index (χ1v) is 9.48. The van der Waals surface area contributed by atoms with Crippen LogP contribution in [0.4, 0.5) is 5.69 Å². The normalized spacial score (nSPS) is 20.8. The van der Waals surface area contributed by atoms with Crippen LogP contribution in [0.1, 0.15) is 45.1 Å². The lowest BCUT2D eigenvalue weighted by Crippen LogP contribution is -2.35. The molecule has 0 bridgehead atoms. The maximum Gasteiger partial charge on any atom is 0.340 e. The van der Waals surface area contributed by atoms with Crippen LogP contribution in [0.15, 0.2) is 41.0 Å². The van der Waals surface area contributed by atoms with Crippen LogP contribution in [0.2, 0.25) is 5.02 Å². The average Bonchev–Trinajstić information content (AvgIpc) is 2.59. The number of non-ortho nitro benzene ring substituents is 1. The molecule has 0 saturated heterocycles. The van der Waals surface area contributed by atoms with Crippen LogP contribution < -0.4 is 5.73 Å². The largest absolute Gasteiger partial charge is 0.462 e. The van der Waals surface area contributed by atoms with Gasteiger partial charge in [-0.2, -0.15) is 0 Å². The van der Waals surface area contributed by atoms with Crippen LogP contribution in [-0.2, 0) is 19.1 Å². The highest BCUT2D eigenvalue weighted by molar-refractivity contribution is 6.32. The Labute approximate surface area is 172 Å². The molecule has 8 nitrogen and oxygen atoms in total. The molecule has 0 spiro atoms. The minimum absolute atomic E-state index is 0.0330. The van der Waals surface area contributed by atoms with Crippen molar-refractivity contribution in [3.05, 3.63) is 61.7 Å². The van der Waals surface area contributed by atoms with E-state index in [0.29, 0.717) is 17.7 Å². The van der Waals surface area contributed by atoms with Gasteiger partial charge in [-0.3, -0.25) is 14.9 Å². The van der Waals surface area contributed by atoms with E-state index in [9.17, 15) is 19.7 Å². The first kappa shape index (κ1) is 20.9. The van der Waals surface area contributed by atoms with Crippen molar-refractivity contribution in [2.75, 3.05) is 6.61 Å². The van der Waals surface area contributed by atoms with E-state index < -0.39 is 16.8 Å². The van der Waals surface area contributed by atoms with Gasteiger partial charge in [-0.25, -0.2) is 4.79 Å². The number of nitro groups is 1. The Morgan fingerprint density at radius 1 is 1.41 bits per heavy atom. The van der Waals surface area contributed by atoms with E-state index in [1.807, 2.05) is 13.8 Å². The van der Waals surface area contributed by atoms with E-state index in [2.05, 4.69) is 0 Å². The highest BCUT2D eigenvalue weighted by Crippen LogP contribution is 2.49. The van der Waals surface area contributed by atoms with Gasteiger partial charge in [-0.05, 0) is 24.0 Å². The number of Topliss-reactive ketones (excluding diaryl/α,β-unsaturated/α-hetero) is 1. The summed E-state index contributed by atoms with van der Waals surface area (Å²) in [6.45, 7) is 5.62. The summed E-state index contributed by atoms with van der Waals surface area (Å²) in [6, 6.07) is 3.89. The maximum atomic E-state index is 13.0. The average molecular weight is 421 g/mol. The van der Waals surface area contributed by atoms with Gasteiger partial charge in [-0.1, -0.05) is 25.4 Å². The van der Waals surface area contributed by atoms with Crippen LogP contribution in [-0.4, -0.2) is 23.3 Å². The molecule has 29 heavy (non-hydrogen) atoms. The number of carbonyl (C=O) groups is 2. The molecule has 0 saturated carbocycles. The fraction of sp³-hybridized carbons (Fsp3) is 0.400. The molecule has 1 heterocycles. The van der Waals surface area contributed by atoms with Gasteiger partial charge in [0.05, 0.1) is 22.5 Å². The lowest BCUT2D eigenvalue weighted by atomic mass is 9.70. The van der Waals surface area contributed by atoms with Gasteiger partial charge >= 0.3 is 5.97 Å². The van der Waals surface area contributed by atoms with Crippen molar-refractivity contribution in [3.63, 3.8) is 0 Å². The van der Waals surface area contributed by atoms with Crippen LogP contribution in [0.3, 0.4) is 0 Å². The molecule has 2 aliphatic rings. The zero-order chi connectivity index (χ0) is 21.5. The fourth-order valence-corrected chi connectivity index (χ4v) is 4.05. The summed E-state index contributed by atoms with van der Waals surface area (Å²) in [7, 11) is 0. The van der Waals surface area contributed by atoms with Gasteiger partial charge in [0, 0.05) is 30.5 Å². The van der Waals surface area contributed by atoms with Crippen molar-refractivity contribution in [3.8, 4) is 0 Å². The lowest BCUT2D eigenvalue weighted by molar-refractivity contribution is -0.384. The van der Waals surface area contributed by atoms with Crippen LogP contribution in [0.25, 0.3) is 0 Å². The number of halogens is 1. The number of ketones is 1. The molecule has 0 fully saturated rings. The van der Waals surface area contributed by atoms with E-state index in [-0.39, 0.29) is 52.0 Å². The maximum absolute atomic E-state index is 13.0. The van der Waals surface area contributed by atoms with Gasteiger partial charge in [-0.15, -0.1) is 0 Å². The van der Waals surface area contributed by atoms with Crippen molar-refractivity contribution in [2.45, 2.75) is 39.5 Å². The lowest BCUT2D eigenvalue weighted by Gasteiger charge is -2.38. The Morgan fingerprint density at radius 3 is 2.69 bits per heavy atom. The van der Waals surface area contributed by atoms with Crippen molar-refractivity contribution < 1.29 is 24.0 Å². The van der Waals surface area contributed by atoms with E-state index in [0.717, 1.165) is 0 Å². The number of carbonyl (C=O) groups excluding carboxylic acids is 2.